The molecule has 0 aliphatic carbocycles. The largest absolute Gasteiger partial charge is 0.336 e. The molecule has 0 aliphatic heterocycles. The molecule has 1 amide bonds. The lowest BCUT2D eigenvalue weighted by molar-refractivity contribution is -0.121. The van der Waals surface area contributed by atoms with E-state index in [1.807, 2.05) is 6.92 Å². The van der Waals surface area contributed by atoms with Crippen LogP contribution in [0.15, 0.2) is 11.5 Å². The fraction of sp³-hybridized carbons (Fsp3) is 0.500. The summed E-state index contributed by atoms with van der Waals surface area (Å²) in [5.74, 6) is 10.2. The van der Waals surface area contributed by atoms with Crippen molar-refractivity contribution in [3.8, 4) is 0 Å². The molecule has 0 saturated heterocycles. The van der Waals surface area contributed by atoms with Crippen LogP contribution in [0.4, 0.5) is 0 Å². The lowest BCUT2D eigenvalue weighted by atomic mass is 10.3. The first-order chi connectivity index (χ1) is 6.63. The maximum absolute atomic E-state index is 10.9. The third-order valence-electron chi connectivity index (χ3n) is 1.48. The number of nitrogens with two attached hydrogens (primary N) is 2. The van der Waals surface area contributed by atoms with E-state index in [-0.39, 0.29) is 11.2 Å². The fourth-order valence-electron chi connectivity index (χ4n) is 0.858. The molecule has 0 bridgehead atoms. The molecule has 14 heavy (non-hydrogen) atoms. The summed E-state index contributed by atoms with van der Waals surface area (Å²) in [5, 5.41) is 8.01. The van der Waals surface area contributed by atoms with Crippen molar-refractivity contribution in [2.45, 2.75) is 23.8 Å². The molecule has 0 radical (unpaired) electrons. The second kappa shape index (κ2) is 4.82. The Bertz CT molecular complexity index is 313. The third kappa shape index (κ3) is 2.89. The number of amides is 1. The lowest BCUT2D eigenvalue weighted by Gasteiger charge is -2.08. The zero-order valence-corrected chi connectivity index (χ0v) is 8.49. The van der Waals surface area contributed by atoms with Crippen molar-refractivity contribution in [3.63, 3.8) is 0 Å². The maximum Gasteiger partial charge on any atom is 0.234 e. The number of rotatable bonds is 4. The van der Waals surface area contributed by atoms with Crippen LogP contribution in [-0.4, -0.2) is 26.0 Å². The minimum Gasteiger partial charge on any atom is -0.336 e. The number of hydrogen-bond acceptors (Lipinski definition) is 6. The van der Waals surface area contributed by atoms with Gasteiger partial charge in [0.15, 0.2) is 0 Å². The SMILES string of the molecule is CC(CC(=O)NN)Sc1nncn1N. The second-order valence-electron chi connectivity index (χ2n) is 2.72. The van der Waals surface area contributed by atoms with Crippen LogP contribution in [0.5, 0.6) is 0 Å². The van der Waals surface area contributed by atoms with Crippen molar-refractivity contribution in [2.75, 3.05) is 5.84 Å². The lowest BCUT2D eigenvalue weighted by Crippen LogP contribution is -2.31. The van der Waals surface area contributed by atoms with E-state index in [4.69, 9.17) is 11.7 Å². The van der Waals surface area contributed by atoms with Crippen molar-refractivity contribution in [3.05, 3.63) is 6.33 Å². The van der Waals surface area contributed by atoms with Crippen molar-refractivity contribution >= 4 is 17.7 Å². The first-order valence-corrected chi connectivity index (χ1v) is 4.82. The molecule has 1 atom stereocenters. The quantitative estimate of drug-likeness (QED) is 0.254. The molecule has 1 unspecified atom stereocenters. The van der Waals surface area contributed by atoms with Crippen molar-refractivity contribution < 1.29 is 4.79 Å². The van der Waals surface area contributed by atoms with Crippen molar-refractivity contribution in [2.24, 2.45) is 5.84 Å². The molecule has 1 aromatic heterocycles. The predicted molar refractivity (Wildman–Crippen MR) is 52.4 cm³/mol. The number of nitrogen functional groups attached to an aromatic ring is 1. The maximum atomic E-state index is 10.9. The zero-order valence-electron chi connectivity index (χ0n) is 7.67. The molecule has 1 rings (SSSR count). The highest BCUT2D eigenvalue weighted by Gasteiger charge is 2.12. The van der Waals surface area contributed by atoms with Crippen molar-refractivity contribution in [1.29, 1.82) is 0 Å². The molecule has 0 fully saturated rings. The highest BCUT2D eigenvalue weighted by molar-refractivity contribution is 7.99. The van der Waals surface area contributed by atoms with Gasteiger partial charge in [0.25, 0.3) is 0 Å². The number of thioether (sulfide) groups is 1. The zero-order chi connectivity index (χ0) is 10.6. The second-order valence-corrected chi connectivity index (χ2v) is 4.13. The van der Waals surface area contributed by atoms with Crippen LogP contribution >= 0.6 is 11.8 Å². The summed E-state index contributed by atoms with van der Waals surface area (Å²) >= 11 is 1.37. The monoisotopic (exact) mass is 216 g/mol. The first kappa shape index (κ1) is 10.8. The van der Waals surface area contributed by atoms with E-state index in [0.717, 1.165) is 0 Å². The van der Waals surface area contributed by atoms with Gasteiger partial charge in [0, 0.05) is 11.7 Å². The van der Waals surface area contributed by atoms with Crippen LogP contribution < -0.4 is 17.1 Å². The van der Waals surface area contributed by atoms with Crippen LogP contribution in [0.3, 0.4) is 0 Å². The van der Waals surface area contributed by atoms with Crippen LogP contribution in [0, 0.1) is 0 Å². The summed E-state index contributed by atoms with van der Waals surface area (Å²) in [6.07, 6.45) is 1.71. The Morgan fingerprint density at radius 2 is 2.57 bits per heavy atom. The van der Waals surface area contributed by atoms with Crippen LogP contribution in [0.2, 0.25) is 0 Å². The fourth-order valence-corrected chi connectivity index (χ4v) is 1.72. The number of nitrogens with one attached hydrogen (secondary N) is 1. The first-order valence-electron chi connectivity index (χ1n) is 3.94. The molecule has 1 aromatic rings. The summed E-state index contributed by atoms with van der Waals surface area (Å²) in [5.41, 5.74) is 2.06. The van der Waals surface area contributed by atoms with Gasteiger partial charge in [0.1, 0.15) is 6.33 Å². The van der Waals surface area contributed by atoms with E-state index in [1.54, 1.807) is 0 Å². The smallest absolute Gasteiger partial charge is 0.234 e. The molecule has 7 nitrogen and oxygen atoms in total. The number of carbonyl (C=O) groups excluding carboxylic acids is 1. The molecule has 1 heterocycles. The number of nitrogens with zero attached hydrogens (tertiary/aromatic N) is 3. The molecular weight excluding hydrogens is 204 g/mol. The Morgan fingerprint density at radius 1 is 1.86 bits per heavy atom. The van der Waals surface area contributed by atoms with Crippen LogP contribution in [0.25, 0.3) is 0 Å². The van der Waals surface area contributed by atoms with Crippen LogP contribution in [0.1, 0.15) is 13.3 Å². The summed E-state index contributed by atoms with van der Waals surface area (Å²) in [7, 11) is 0. The molecular formula is C6H12N6OS. The molecule has 0 saturated carbocycles. The predicted octanol–water partition coefficient (Wildman–Crippen LogP) is -1.15. The molecule has 5 N–H and O–H groups in total. The highest BCUT2D eigenvalue weighted by Crippen LogP contribution is 2.21. The highest BCUT2D eigenvalue weighted by atomic mass is 32.2. The van der Waals surface area contributed by atoms with Gasteiger partial charge in [-0.25, -0.2) is 10.5 Å². The van der Waals surface area contributed by atoms with Gasteiger partial charge >= 0.3 is 0 Å². The molecule has 0 aliphatic rings. The molecule has 0 aromatic carbocycles. The van der Waals surface area contributed by atoms with E-state index in [0.29, 0.717) is 11.6 Å². The van der Waals surface area contributed by atoms with Gasteiger partial charge < -0.3 is 5.84 Å². The van der Waals surface area contributed by atoms with Gasteiger partial charge in [0.05, 0.1) is 0 Å². The van der Waals surface area contributed by atoms with Gasteiger partial charge in [-0.1, -0.05) is 18.7 Å². The Kier molecular flexibility index (Phi) is 3.72. The van der Waals surface area contributed by atoms with E-state index in [2.05, 4.69) is 15.6 Å². The number of carbonyl (C=O) groups is 1. The number of aromatic nitrogens is 3. The Hall–Kier alpha value is -1.28. The van der Waals surface area contributed by atoms with Crippen molar-refractivity contribution in [1.82, 2.24) is 20.3 Å². The number of hydrogen-bond donors (Lipinski definition) is 3. The van der Waals surface area contributed by atoms with E-state index < -0.39 is 0 Å². The Labute approximate surface area is 85.2 Å². The standard InChI is InChI=1S/C6H12N6OS/c1-4(2-5(13)10-7)14-6-11-9-3-12(6)8/h3-4H,2,7-8H2,1H3,(H,10,13). The minimum atomic E-state index is -0.215. The van der Waals surface area contributed by atoms with E-state index in [9.17, 15) is 4.79 Å². The van der Waals surface area contributed by atoms with Gasteiger partial charge in [-0.3, -0.25) is 10.2 Å². The summed E-state index contributed by atoms with van der Waals surface area (Å²) in [6, 6.07) is 0. The normalized spacial score (nSPS) is 12.4. The minimum absolute atomic E-state index is 0.0463. The molecule has 0 spiro atoms. The summed E-state index contributed by atoms with van der Waals surface area (Å²) in [6.45, 7) is 1.88. The van der Waals surface area contributed by atoms with Gasteiger partial charge in [-0.05, 0) is 0 Å². The Morgan fingerprint density at radius 3 is 3.07 bits per heavy atom. The number of hydrazine groups is 1. The Balaban J connectivity index is 2.45. The van der Waals surface area contributed by atoms with Gasteiger partial charge in [-0.2, -0.15) is 0 Å². The molecule has 8 heteroatoms. The van der Waals surface area contributed by atoms with E-state index >= 15 is 0 Å². The molecule has 78 valence electrons. The average Bonchev–Trinajstić information content (AvgIpc) is 2.51. The van der Waals surface area contributed by atoms with E-state index in [1.165, 1.54) is 22.8 Å². The topological polar surface area (TPSA) is 112 Å². The van der Waals surface area contributed by atoms with Gasteiger partial charge in [-0.15, -0.1) is 10.2 Å². The summed E-state index contributed by atoms with van der Waals surface area (Å²) in [4.78, 5) is 10.9. The van der Waals surface area contributed by atoms with Gasteiger partial charge in [0.2, 0.25) is 11.1 Å². The van der Waals surface area contributed by atoms with Crippen LogP contribution in [-0.2, 0) is 4.79 Å². The summed E-state index contributed by atoms with van der Waals surface area (Å²) < 4.78 is 1.31. The average molecular weight is 216 g/mol. The third-order valence-corrected chi connectivity index (χ3v) is 2.55.